The molecule has 0 unspecified atom stereocenters. The highest BCUT2D eigenvalue weighted by Gasteiger charge is 2.27. The molecule has 0 bridgehead atoms. The lowest BCUT2D eigenvalue weighted by Crippen LogP contribution is -2.42. The predicted octanol–water partition coefficient (Wildman–Crippen LogP) is 3.76. The van der Waals surface area contributed by atoms with E-state index in [4.69, 9.17) is 9.72 Å². The summed E-state index contributed by atoms with van der Waals surface area (Å²) in [6, 6.07) is 12.5. The molecule has 0 atom stereocenters. The summed E-state index contributed by atoms with van der Waals surface area (Å²) in [5.41, 5.74) is 3.13. The predicted molar refractivity (Wildman–Crippen MR) is 105 cm³/mol. The molecule has 4 nitrogen and oxygen atoms in total. The summed E-state index contributed by atoms with van der Waals surface area (Å²) in [5.74, 6) is 1.03. The number of likely N-dealkylation sites (N-methyl/N-ethyl adjacent to an activating group) is 1. The molecule has 2 aliphatic heterocycles. The molecule has 27 heavy (non-hydrogen) atoms. The average molecular weight is 367 g/mol. The van der Waals surface area contributed by atoms with E-state index in [0.717, 1.165) is 56.2 Å². The number of rotatable bonds is 5. The van der Waals surface area contributed by atoms with Crippen LogP contribution in [0.3, 0.4) is 0 Å². The van der Waals surface area contributed by atoms with E-state index in [9.17, 15) is 4.39 Å². The van der Waals surface area contributed by atoms with Crippen LogP contribution in [0.1, 0.15) is 30.1 Å². The number of nitrogens with zero attached hydrogens (tertiary/aromatic N) is 3. The Morgan fingerprint density at radius 3 is 2.48 bits per heavy atom. The number of halogens is 1. The quantitative estimate of drug-likeness (QED) is 0.804. The van der Waals surface area contributed by atoms with Crippen LogP contribution in [0.4, 0.5) is 4.39 Å². The average Bonchev–Trinajstić information content (AvgIpc) is 2.67. The molecule has 2 saturated heterocycles. The van der Waals surface area contributed by atoms with Gasteiger partial charge in [0.2, 0.25) is 0 Å². The van der Waals surface area contributed by atoms with E-state index in [2.05, 4.69) is 41.6 Å². The summed E-state index contributed by atoms with van der Waals surface area (Å²) in [5, 5.41) is 0. The number of hydrogen-bond donors (Lipinski definition) is 0. The van der Waals surface area contributed by atoms with Gasteiger partial charge in [-0.15, -0.1) is 0 Å². The van der Waals surface area contributed by atoms with Crippen LogP contribution in [0.25, 0.3) is 5.70 Å². The zero-order chi connectivity index (χ0) is 18.8. The van der Waals surface area contributed by atoms with Gasteiger partial charge in [-0.1, -0.05) is 12.6 Å². The molecule has 2 aromatic rings. The minimum Gasteiger partial charge on any atom is -0.490 e. The highest BCUT2D eigenvalue weighted by Crippen LogP contribution is 2.27. The van der Waals surface area contributed by atoms with Crippen LogP contribution in [0.5, 0.6) is 5.75 Å². The van der Waals surface area contributed by atoms with E-state index in [1.807, 2.05) is 0 Å². The number of likely N-dealkylation sites (tertiary alicyclic amines) is 2. The number of aromatic nitrogens is 1. The lowest BCUT2D eigenvalue weighted by atomic mass is 9.96. The van der Waals surface area contributed by atoms with E-state index >= 15 is 0 Å². The zero-order valence-corrected chi connectivity index (χ0v) is 15.8. The minimum absolute atomic E-state index is 0.157. The third-order valence-corrected chi connectivity index (χ3v) is 5.49. The van der Waals surface area contributed by atoms with Crippen LogP contribution < -0.4 is 4.74 Å². The second-order valence-corrected chi connectivity index (χ2v) is 7.57. The highest BCUT2D eigenvalue weighted by molar-refractivity contribution is 5.58. The summed E-state index contributed by atoms with van der Waals surface area (Å²) in [6.07, 6.45) is 2.00. The Morgan fingerprint density at radius 1 is 1.11 bits per heavy atom. The van der Waals surface area contributed by atoms with Gasteiger partial charge in [0.15, 0.2) is 0 Å². The Bertz CT molecular complexity index is 793. The van der Waals surface area contributed by atoms with Crippen LogP contribution in [-0.2, 0) is 0 Å². The van der Waals surface area contributed by atoms with E-state index in [1.165, 1.54) is 17.8 Å². The second-order valence-electron chi connectivity index (χ2n) is 7.57. The van der Waals surface area contributed by atoms with Crippen LogP contribution in [0, 0.1) is 5.82 Å². The number of piperidine rings is 1. The topological polar surface area (TPSA) is 28.6 Å². The van der Waals surface area contributed by atoms with Gasteiger partial charge in [-0.05, 0) is 43.4 Å². The molecule has 0 saturated carbocycles. The highest BCUT2D eigenvalue weighted by atomic mass is 19.1. The molecular formula is C22H26FN3O. The van der Waals surface area contributed by atoms with Gasteiger partial charge in [-0.25, -0.2) is 4.39 Å². The number of benzene rings is 1. The van der Waals surface area contributed by atoms with Crippen molar-refractivity contribution in [2.75, 3.05) is 33.2 Å². The van der Waals surface area contributed by atoms with Crippen LogP contribution in [0.15, 0.2) is 49.0 Å². The number of hydrogen-bond acceptors (Lipinski definition) is 4. The van der Waals surface area contributed by atoms with Crippen molar-refractivity contribution < 1.29 is 9.13 Å². The summed E-state index contributed by atoms with van der Waals surface area (Å²) < 4.78 is 19.0. The third kappa shape index (κ3) is 4.14. The van der Waals surface area contributed by atoms with Crippen molar-refractivity contribution in [2.45, 2.75) is 24.9 Å². The van der Waals surface area contributed by atoms with Crippen molar-refractivity contribution in [3.8, 4) is 5.75 Å². The van der Waals surface area contributed by atoms with Crippen molar-refractivity contribution in [2.24, 2.45) is 0 Å². The van der Waals surface area contributed by atoms with E-state index in [1.54, 1.807) is 12.1 Å². The number of pyridine rings is 1. The summed E-state index contributed by atoms with van der Waals surface area (Å²) in [4.78, 5) is 9.47. The number of ether oxygens (including phenoxy) is 1. The van der Waals surface area contributed by atoms with E-state index in [-0.39, 0.29) is 11.9 Å². The van der Waals surface area contributed by atoms with E-state index < -0.39 is 0 Å². The first-order valence-electron chi connectivity index (χ1n) is 9.60. The van der Waals surface area contributed by atoms with Crippen LogP contribution in [-0.4, -0.2) is 54.1 Å². The summed E-state index contributed by atoms with van der Waals surface area (Å²) in [7, 11) is 2.14. The van der Waals surface area contributed by atoms with Crippen molar-refractivity contribution >= 4 is 5.70 Å². The maximum absolute atomic E-state index is 13.0. The van der Waals surface area contributed by atoms with Gasteiger partial charge >= 0.3 is 0 Å². The Labute approximate surface area is 160 Å². The van der Waals surface area contributed by atoms with Gasteiger partial charge in [0.1, 0.15) is 17.7 Å². The molecule has 0 N–H and O–H groups in total. The Balaban J connectivity index is 1.33. The molecule has 3 heterocycles. The molecule has 2 aliphatic rings. The monoisotopic (exact) mass is 367 g/mol. The fraction of sp³-hybridized carbons (Fsp3) is 0.409. The van der Waals surface area contributed by atoms with Gasteiger partial charge in [0, 0.05) is 50.6 Å². The fourth-order valence-electron chi connectivity index (χ4n) is 3.84. The Hall–Kier alpha value is -2.40. The van der Waals surface area contributed by atoms with Gasteiger partial charge in [0.05, 0.1) is 11.4 Å². The molecule has 5 heteroatoms. The fourth-order valence-corrected chi connectivity index (χ4v) is 3.84. The largest absolute Gasteiger partial charge is 0.490 e. The molecule has 1 aromatic heterocycles. The smallest absolute Gasteiger partial charge is 0.123 e. The van der Waals surface area contributed by atoms with Crippen molar-refractivity contribution in [1.82, 2.24) is 14.8 Å². The molecular weight excluding hydrogens is 341 g/mol. The molecule has 0 spiro atoms. The normalized spacial score (nSPS) is 19.0. The van der Waals surface area contributed by atoms with Crippen molar-refractivity contribution in [1.29, 1.82) is 0 Å². The standard InChI is InChI=1S/C22H26FN3O/c1-16(21-4-3-5-22(24-21)17-14-25(2)15-17)26-12-10-20(11-13-26)27-19-8-6-18(23)7-9-19/h3-9,17,20H,1,10-15H2,2H3. The molecule has 0 aliphatic carbocycles. The van der Waals surface area contributed by atoms with Gasteiger partial charge in [-0.3, -0.25) is 4.98 Å². The second kappa shape index (κ2) is 7.69. The van der Waals surface area contributed by atoms with E-state index in [0.29, 0.717) is 5.92 Å². The maximum Gasteiger partial charge on any atom is 0.123 e. The molecule has 0 radical (unpaired) electrons. The first-order chi connectivity index (χ1) is 13.1. The van der Waals surface area contributed by atoms with Gasteiger partial charge < -0.3 is 14.5 Å². The molecule has 4 rings (SSSR count). The zero-order valence-electron chi connectivity index (χ0n) is 15.8. The third-order valence-electron chi connectivity index (χ3n) is 5.49. The Kier molecular flexibility index (Phi) is 5.12. The molecule has 1 aromatic carbocycles. The SMILES string of the molecule is C=C(c1cccc(C2CN(C)C2)n1)N1CCC(Oc2ccc(F)cc2)CC1. The van der Waals surface area contributed by atoms with Crippen molar-refractivity contribution in [3.05, 3.63) is 66.2 Å². The van der Waals surface area contributed by atoms with Gasteiger partial charge in [0.25, 0.3) is 0 Å². The maximum atomic E-state index is 13.0. The molecule has 142 valence electrons. The first-order valence-corrected chi connectivity index (χ1v) is 9.60. The van der Waals surface area contributed by atoms with Crippen LogP contribution in [0.2, 0.25) is 0 Å². The molecule has 2 fully saturated rings. The molecule has 0 amide bonds. The van der Waals surface area contributed by atoms with Crippen molar-refractivity contribution in [3.63, 3.8) is 0 Å². The minimum atomic E-state index is -0.239. The Morgan fingerprint density at radius 2 is 1.81 bits per heavy atom. The summed E-state index contributed by atoms with van der Waals surface area (Å²) in [6.45, 7) is 8.24. The lowest BCUT2D eigenvalue weighted by molar-refractivity contribution is 0.127. The summed E-state index contributed by atoms with van der Waals surface area (Å²) >= 11 is 0. The lowest BCUT2D eigenvalue weighted by Gasteiger charge is -2.36. The van der Waals surface area contributed by atoms with Crippen LogP contribution >= 0.6 is 0 Å². The van der Waals surface area contributed by atoms with Gasteiger partial charge in [-0.2, -0.15) is 0 Å². The first kappa shape index (κ1) is 18.0.